The molecule has 4 aromatic rings. The highest BCUT2D eigenvalue weighted by Gasteiger charge is 2.23. The fourth-order valence-electron chi connectivity index (χ4n) is 3.84. The normalized spacial score (nSPS) is 12.2. The summed E-state index contributed by atoms with van der Waals surface area (Å²) in [4.78, 5) is 26.1. The number of aromatic nitrogens is 4. The number of hydrogen-bond acceptors (Lipinski definition) is 4. The molecule has 2 aromatic carbocycles. The first-order valence-corrected chi connectivity index (χ1v) is 10.2. The smallest absolute Gasteiger partial charge is 0.295 e. The van der Waals surface area contributed by atoms with E-state index in [9.17, 15) is 9.59 Å². The van der Waals surface area contributed by atoms with Crippen molar-refractivity contribution in [1.82, 2.24) is 19.6 Å². The molecule has 0 radical (unpaired) electrons. The maximum Gasteiger partial charge on any atom is 0.295 e. The van der Waals surface area contributed by atoms with Crippen LogP contribution in [0, 0.1) is 27.7 Å². The SMILES string of the molecule is Cc1ccc(NC(=O)[C@H](C)n2nc(C)c3c(C)n(-c4ccccc4)nc3c2=O)c(C)c1. The summed E-state index contributed by atoms with van der Waals surface area (Å²) in [7, 11) is 0. The Hall–Kier alpha value is -3.74. The van der Waals surface area contributed by atoms with Crippen molar-refractivity contribution in [2.24, 2.45) is 0 Å². The van der Waals surface area contributed by atoms with Gasteiger partial charge in [-0.05, 0) is 58.4 Å². The van der Waals surface area contributed by atoms with E-state index in [1.165, 1.54) is 4.68 Å². The van der Waals surface area contributed by atoms with Crippen LogP contribution < -0.4 is 10.9 Å². The lowest BCUT2D eigenvalue weighted by Gasteiger charge is -2.16. The number of hydrogen-bond donors (Lipinski definition) is 1. The van der Waals surface area contributed by atoms with E-state index in [-0.39, 0.29) is 11.5 Å². The zero-order chi connectivity index (χ0) is 22.3. The Balaban J connectivity index is 1.75. The van der Waals surface area contributed by atoms with Crippen molar-refractivity contribution in [3.05, 3.63) is 81.4 Å². The molecule has 2 heterocycles. The largest absolute Gasteiger partial charge is 0.324 e. The van der Waals surface area contributed by atoms with Crippen LogP contribution >= 0.6 is 0 Å². The van der Waals surface area contributed by atoms with Gasteiger partial charge in [0.2, 0.25) is 5.91 Å². The fraction of sp³-hybridized carbons (Fsp3) is 0.250. The number of rotatable bonds is 4. The van der Waals surface area contributed by atoms with E-state index in [1.54, 1.807) is 11.6 Å². The van der Waals surface area contributed by atoms with E-state index in [4.69, 9.17) is 0 Å². The average Bonchev–Trinajstić information content (AvgIpc) is 3.11. The first kappa shape index (κ1) is 20.5. The second-order valence-corrected chi connectivity index (χ2v) is 7.88. The molecule has 158 valence electrons. The summed E-state index contributed by atoms with van der Waals surface area (Å²) in [5, 5.41) is 12.6. The third-order valence-electron chi connectivity index (χ3n) is 5.53. The van der Waals surface area contributed by atoms with Gasteiger partial charge in [0.05, 0.1) is 22.5 Å². The number of nitrogens with zero attached hydrogens (tertiary/aromatic N) is 4. The van der Waals surface area contributed by atoms with Gasteiger partial charge in [0.25, 0.3) is 5.56 Å². The lowest BCUT2D eigenvalue weighted by molar-refractivity contribution is -0.119. The van der Waals surface area contributed by atoms with Crippen LogP contribution in [0.3, 0.4) is 0 Å². The second-order valence-electron chi connectivity index (χ2n) is 7.88. The van der Waals surface area contributed by atoms with Crippen molar-refractivity contribution < 1.29 is 4.79 Å². The average molecular weight is 415 g/mol. The van der Waals surface area contributed by atoms with Crippen molar-refractivity contribution in [1.29, 1.82) is 0 Å². The van der Waals surface area contributed by atoms with Crippen LogP contribution in [0.5, 0.6) is 0 Å². The molecule has 0 saturated heterocycles. The van der Waals surface area contributed by atoms with Gasteiger partial charge in [0.1, 0.15) is 6.04 Å². The molecule has 0 unspecified atom stereocenters. The van der Waals surface area contributed by atoms with E-state index >= 15 is 0 Å². The van der Waals surface area contributed by atoms with E-state index in [0.29, 0.717) is 16.6 Å². The summed E-state index contributed by atoms with van der Waals surface area (Å²) in [5.74, 6) is -0.306. The van der Waals surface area contributed by atoms with Gasteiger partial charge in [-0.1, -0.05) is 35.9 Å². The van der Waals surface area contributed by atoms with Gasteiger partial charge in [0, 0.05) is 5.69 Å². The van der Waals surface area contributed by atoms with E-state index in [0.717, 1.165) is 28.2 Å². The summed E-state index contributed by atoms with van der Waals surface area (Å²) in [6.07, 6.45) is 0. The van der Waals surface area contributed by atoms with Crippen LogP contribution in [0.2, 0.25) is 0 Å². The Morgan fingerprint density at radius 1 is 1.00 bits per heavy atom. The zero-order valence-electron chi connectivity index (χ0n) is 18.3. The Labute approximate surface area is 180 Å². The molecule has 31 heavy (non-hydrogen) atoms. The molecule has 0 aliphatic carbocycles. The van der Waals surface area contributed by atoms with E-state index in [1.807, 2.05) is 76.2 Å². The van der Waals surface area contributed by atoms with Crippen molar-refractivity contribution in [3.63, 3.8) is 0 Å². The number of nitrogens with one attached hydrogen (secondary N) is 1. The molecule has 1 atom stereocenters. The Bertz CT molecular complexity index is 1350. The van der Waals surface area contributed by atoms with Gasteiger partial charge in [-0.15, -0.1) is 0 Å². The standard InChI is InChI=1S/C24H25N5O2/c1-14-11-12-20(15(2)13-14)25-23(30)18(5)29-24(31)22-21(16(3)26-29)17(4)28(27-22)19-9-7-6-8-10-19/h6-13,18H,1-5H3,(H,25,30)/t18-/m0/s1. The number of benzene rings is 2. The highest BCUT2D eigenvalue weighted by atomic mass is 16.2. The maximum atomic E-state index is 13.2. The van der Waals surface area contributed by atoms with Crippen molar-refractivity contribution in [2.75, 3.05) is 5.32 Å². The number of carbonyl (C=O) groups is 1. The fourth-order valence-corrected chi connectivity index (χ4v) is 3.84. The first-order chi connectivity index (χ1) is 14.8. The second kappa shape index (κ2) is 7.83. The minimum atomic E-state index is -0.793. The highest BCUT2D eigenvalue weighted by Crippen LogP contribution is 2.22. The molecule has 7 nitrogen and oxygen atoms in total. The minimum Gasteiger partial charge on any atom is -0.324 e. The minimum absolute atomic E-state index is 0.306. The van der Waals surface area contributed by atoms with E-state index < -0.39 is 6.04 Å². The third kappa shape index (κ3) is 3.63. The van der Waals surface area contributed by atoms with Gasteiger partial charge in [-0.3, -0.25) is 9.59 Å². The molecule has 2 aromatic heterocycles. The number of fused-ring (bicyclic) bond motifs is 1. The van der Waals surface area contributed by atoms with Gasteiger partial charge < -0.3 is 5.32 Å². The van der Waals surface area contributed by atoms with E-state index in [2.05, 4.69) is 15.5 Å². The van der Waals surface area contributed by atoms with Crippen molar-refractivity contribution in [2.45, 2.75) is 40.7 Å². The van der Waals surface area contributed by atoms with Gasteiger partial charge in [-0.25, -0.2) is 9.36 Å². The van der Waals surface area contributed by atoms with Crippen LogP contribution in [0.1, 0.15) is 35.5 Å². The lowest BCUT2D eigenvalue weighted by Crippen LogP contribution is -2.34. The summed E-state index contributed by atoms with van der Waals surface area (Å²) >= 11 is 0. The molecular weight excluding hydrogens is 390 g/mol. The monoisotopic (exact) mass is 415 g/mol. The Morgan fingerprint density at radius 2 is 1.71 bits per heavy atom. The molecule has 4 rings (SSSR count). The molecular formula is C24H25N5O2. The highest BCUT2D eigenvalue weighted by molar-refractivity contribution is 5.94. The molecule has 7 heteroatoms. The van der Waals surface area contributed by atoms with Crippen molar-refractivity contribution >= 4 is 22.5 Å². The van der Waals surface area contributed by atoms with Crippen LogP contribution in [-0.2, 0) is 4.79 Å². The summed E-state index contributed by atoms with van der Waals surface area (Å²) in [6.45, 7) is 9.35. The predicted octanol–water partition coefficient (Wildman–Crippen LogP) is 4.02. The van der Waals surface area contributed by atoms with Crippen molar-refractivity contribution in [3.8, 4) is 5.69 Å². The molecule has 0 aliphatic heterocycles. The molecule has 1 N–H and O–H groups in total. The molecule has 0 aliphatic rings. The summed E-state index contributed by atoms with van der Waals surface area (Å²) in [5.41, 5.74) is 5.07. The molecule has 0 spiro atoms. The van der Waals surface area contributed by atoms with Crippen LogP contribution in [0.25, 0.3) is 16.6 Å². The number of para-hydroxylation sites is 1. The summed E-state index contributed by atoms with van der Waals surface area (Å²) < 4.78 is 2.96. The number of anilines is 1. The number of carbonyl (C=O) groups excluding carboxylic acids is 1. The zero-order valence-corrected chi connectivity index (χ0v) is 18.3. The molecule has 0 saturated carbocycles. The van der Waals surface area contributed by atoms with Gasteiger partial charge in [0.15, 0.2) is 5.52 Å². The Morgan fingerprint density at radius 3 is 2.39 bits per heavy atom. The van der Waals surface area contributed by atoms with Crippen LogP contribution in [-0.4, -0.2) is 25.5 Å². The molecule has 1 amide bonds. The maximum absolute atomic E-state index is 13.2. The van der Waals surface area contributed by atoms with Crippen LogP contribution in [0.4, 0.5) is 5.69 Å². The van der Waals surface area contributed by atoms with Gasteiger partial charge >= 0.3 is 0 Å². The van der Waals surface area contributed by atoms with Crippen LogP contribution in [0.15, 0.2) is 53.3 Å². The number of aryl methyl sites for hydroxylation is 4. The molecule has 0 bridgehead atoms. The topological polar surface area (TPSA) is 81.8 Å². The summed E-state index contributed by atoms with van der Waals surface area (Å²) in [6, 6.07) is 14.6. The predicted molar refractivity (Wildman–Crippen MR) is 122 cm³/mol. The first-order valence-electron chi connectivity index (χ1n) is 10.2. The molecule has 0 fully saturated rings. The lowest BCUT2D eigenvalue weighted by atomic mass is 10.1. The quantitative estimate of drug-likeness (QED) is 0.546. The third-order valence-corrected chi connectivity index (χ3v) is 5.53. The number of amides is 1. The van der Waals surface area contributed by atoms with Gasteiger partial charge in [-0.2, -0.15) is 10.2 Å². The Kier molecular flexibility index (Phi) is 5.19.